The molecule has 134 valence electrons. The van der Waals surface area contributed by atoms with Crippen LogP contribution in [0, 0.1) is 5.92 Å². The first kappa shape index (κ1) is 18.6. The van der Waals surface area contributed by atoms with Crippen molar-refractivity contribution in [1.82, 2.24) is 16.0 Å². The Morgan fingerprint density at radius 3 is 2.32 bits per heavy atom. The molecule has 0 bridgehead atoms. The molecule has 0 fully saturated rings. The molecule has 7 heteroatoms. The van der Waals surface area contributed by atoms with Crippen molar-refractivity contribution >= 4 is 23.6 Å². The van der Waals surface area contributed by atoms with Crippen LogP contribution in [-0.4, -0.2) is 41.7 Å². The highest BCUT2D eigenvalue weighted by Gasteiger charge is 2.37. The summed E-state index contributed by atoms with van der Waals surface area (Å²) in [4.78, 5) is 40.3. The van der Waals surface area contributed by atoms with Crippen LogP contribution < -0.4 is 16.0 Å². The first-order valence-electron chi connectivity index (χ1n) is 8.31. The van der Waals surface area contributed by atoms with Gasteiger partial charge in [-0.05, 0) is 12.8 Å². The van der Waals surface area contributed by atoms with Crippen molar-refractivity contribution in [3.8, 4) is 0 Å². The number of amidine groups is 1. The van der Waals surface area contributed by atoms with Crippen LogP contribution in [0.15, 0.2) is 35.3 Å². The number of hydrogen-bond donors (Lipinski definition) is 3. The van der Waals surface area contributed by atoms with E-state index in [1.807, 2.05) is 44.2 Å². The molecular weight excluding hydrogens is 320 g/mol. The van der Waals surface area contributed by atoms with Gasteiger partial charge in [-0.25, -0.2) is 0 Å². The summed E-state index contributed by atoms with van der Waals surface area (Å²) in [5, 5.41) is 8.16. The zero-order valence-corrected chi connectivity index (χ0v) is 14.9. The second-order valence-electron chi connectivity index (χ2n) is 6.48. The van der Waals surface area contributed by atoms with Gasteiger partial charge in [0.2, 0.25) is 11.8 Å². The van der Waals surface area contributed by atoms with E-state index in [4.69, 9.17) is 0 Å². The molecule has 0 spiro atoms. The number of carbonyl (C=O) groups is 3. The summed E-state index contributed by atoms with van der Waals surface area (Å²) in [6.45, 7) is 6.78. The Bertz CT molecular complexity index is 685. The molecule has 1 aromatic carbocycles. The van der Waals surface area contributed by atoms with Crippen molar-refractivity contribution in [3.05, 3.63) is 35.9 Å². The molecule has 1 unspecified atom stereocenters. The maximum Gasteiger partial charge on any atom is 0.252 e. The van der Waals surface area contributed by atoms with Gasteiger partial charge >= 0.3 is 0 Å². The third-order valence-corrected chi connectivity index (χ3v) is 4.01. The lowest BCUT2D eigenvalue weighted by atomic mass is 9.96. The second kappa shape index (κ2) is 7.92. The van der Waals surface area contributed by atoms with E-state index in [2.05, 4.69) is 20.9 Å². The van der Waals surface area contributed by atoms with Gasteiger partial charge in [0.15, 0.2) is 6.04 Å². The molecule has 1 heterocycles. The molecule has 1 aromatic rings. The number of amides is 3. The third kappa shape index (κ3) is 4.65. The number of hydrogen-bond acceptors (Lipinski definition) is 4. The normalized spacial score (nSPS) is 19.0. The van der Waals surface area contributed by atoms with Crippen LogP contribution in [0.4, 0.5) is 0 Å². The molecular formula is C18H24N4O3. The molecule has 0 radical (unpaired) electrons. The Labute approximate surface area is 147 Å². The van der Waals surface area contributed by atoms with Crippen LogP contribution >= 0.6 is 0 Å². The van der Waals surface area contributed by atoms with E-state index in [1.54, 1.807) is 6.92 Å². The summed E-state index contributed by atoms with van der Waals surface area (Å²) in [6, 6.07) is 7.50. The van der Waals surface area contributed by atoms with Crippen molar-refractivity contribution in [3.63, 3.8) is 0 Å². The molecule has 0 saturated heterocycles. The van der Waals surface area contributed by atoms with E-state index in [0.717, 1.165) is 5.56 Å². The summed E-state index contributed by atoms with van der Waals surface area (Å²) < 4.78 is 0. The Morgan fingerprint density at radius 2 is 1.76 bits per heavy atom. The van der Waals surface area contributed by atoms with Crippen molar-refractivity contribution in [2.75, 3.05) is 0 Å². The number of aliphatic imine (C=N–C) groups is 1. The monoisotopic (exact) mass is 344 g/mol. The minimum absolute atomic E-state index is 0.0110. The quantitative estimate of drug-likeness (QED) is 0.704. The van der Waals surface area contributed by atoms with Crippen molar-refractivity contribution in [2.24, 2.45) is 10.9 Å². The highest BCUT2D eigenvalue weighted by molar-refractivity contribution is 6.14. The fraction of sp³-hybridized carbons (Fsp3) is 0.444. The first-order chi connectivity index (χ1) is 11.8. The van der Waals surface area contributed by atoms with Gasteiger partial charge in [0.05, 0.1) is 6.04 Å². The number of benzene rings is 1. The standard InChI is InChI=1S/C18H24N4O3/c1-10(2)14(21-17(24)11(3)19-12(4)23)15-18(25)22-16(20-15)13-8-6-5-7-9-13/h5-11,14-15H,1-4H3,(H,19,23)(H,21,24)(H,20,22,25)/t11-,14-,15?/m0/s1. The predicted octanol–water partition coefficient (Wildman–Crippen LogP) is 0.597. The topological polar surface area (TPSA) is 99.7 Å². The molecule has 3 N–H and O–H groups in total. The van der Waals surface area contributed by atoms with Gasteiger partial charge in [-0.15, -0.1) is 0 Å². The molecule has 7 nitrogen and oxygen atoms in total. The summed E-state index contributed by atoms with van der Waals surface area (Å²) >= 11 is 0. The molecule has 1 aliphatic heterocycles. The smallest absolute Gasteiger partial charge is 0.252 e. The molecule has 25 heavy (non-hydrogen) atoms. The molecule has 3 atom stereocenters. The molecule has 3 amide bonds. The number of rotatable bonds is 6. The average molecular weight is 344 g/mol. The van der Waals surface area contributed by atoms with E-state index < -0.39 is 18.1 Å². The van der Waals surface area contributed by atoms with Crippen molar-refractivity contribution in [1.29, 1.82) is 0 Å². The molecule has 0 aromatic heterocycles. The maximum atomic E-state index is 12.4. The first-order valence-corrected chi connectivity index (χ1v) is 8.31. The SMILES string of the molecule is CC(=O)N[C@@H](C)C(=O)N[C@@H](C(C)C)C1N=C(c2ccccc2)NC1=O. The van der Waals surface area contributed by atoms with Gasteiger partial charge < -0.3 is 16.0 Å². The van der Waals surface area contributed by atoms with E-state index in [0.29, 0.717) is 5.84 Å². The van der Waals surface area contributed by atoms with Crippen molar-refractivity contribution < 1.29 is 14.4 Å². The molecule has 1 aliphatic rings. The van der Waals surface area contributed by atoms with Crippen LogP contribution in [0.25, 0.3) is 0 Å². The second-order valence-corrected chi connectivity index (χ2v) is 6.48. The molecule has 0 saturated carbocycles. The van der Waals surface area contributed by atoms with Gasteiger partial charge in [-0.1, -0.05) is 44.2 Å². The minimum Gasteiger partial charge on any atom is -0.349 e. The summed E-state index contributed by atoms with van der Waals surface area (Å²) in [6.07, 6.45) is 0. The summed E-state index contributed by atoms with van der Waals surface area (Å²) in [5.74, 6) is -0.379. The van der Waals surface area contributed by atoms with Crippen LogP contribution in [0.3, 0.4) is 0 Å². The zero-order chi connectivity index (χ0) is 18.6. The van der Waals surface area contributed by atoms with Gasteiger partial charge in [0.1, 0.15) is 11.9 Å². The van der Waals surface area contributed by atoms with Gasteiger partial charge in [0.25, 0.3) is 5.91 Å². The summed E-state index contributed by atoms with van der Waals surface area (Å²) in [5.41, 5.74) is 0.818. The van der Waals surface area contributed by atoms with Crippen LogP contribution in [-0.2, 0) is 14.4 Å². The average Bonchev–Trinajstić information content (AvgIpc) is 2.93. The summed E-state index contributed by atoms with van der Waals surface area (Å²) in [7, 11) is 0. The van der Waals surface area contributed by atoms with E-state index in [9.17, 15) is 14.4 Å². The lowest BCUT2D eigenvalue weighted by molar-refractivity contribution is -0.129. The van der Waals surface area contributed by atoms with Gasteiger partial charge in [0, 0.05) is 12.5 Å². The van der Waals surface area contributed by atoms with Gasteiger partial charge in [-0.2, -0.15) is 0 Å². The minimum atomic E-state index is -0.705. The lowest BCUT2D eigenvalue weighted by Gasteiger charge is -2.26. The molecule has 0 aliphatic carbocycles. The highest BCUT2D eigenvalue weighted by atomic mass is 16.2. The van der Waals surface area contributed by atoms with E-state index in [-0.39, 0.29) is 23.6 Å². The largest absolute Gasteiger partial charge is 0.349 e. The number of nitrogens with one attached hydrogen (secondary N) is 3. The van der Waals surface area contributed by atoms with Crippen LogP contribution in [0.1, 0.15) is 33.3 Å². The predicted molar refractivity (Wildman–Crippen MR) is 95.0 cm³/mol. The number of carbonyl (C=O) groups excluding carboxylic acids is 3. The van der Waals surface area contributed by atoms with Crippen LogP contribution in [0.2, 0.25) is 0 Å². The zero-order valence-electron chi connectivity index (χ0n) is 14.9. The Morgan fingerprint density at radius 1 is 1.12 bits per heavy atom. The van der Waals surface area contributed by atoms with Crippen LogP contribution in [0.5, 0.6) is 0 Å². The highest BCUT2D eigenvalue weighted by Crippen LogP contribution is 2.16. The Kier molecular flexibility index (Phi) is 5.90. The van der Waals surface area contributed by atoms with Crippen molar-refractivity contribution in [2.45, 2.75) is 45.8 Å². The fourth-order valence-electron chi connectivity index (χ4n) is 2.68. The van der Waals surface area contributed by atoms with E-state index >= 15 is 0 Å². The number of nitrogens with zero attached hydrogens (tertiary/aromatic N) is 1. The van der Waals surface area contributed by atoms with Gasteiger partial charge in [-0.3, -0.25) is 19.4 Å². The maximum absolute atomic E-state index is 12.4. The Hall–Kier alpha value is -2.70. The fourth-order valence-corrected chi connectivity index (χ4v) is 2.68. The van der Waals surface area contributed by atoms with E-state index in [1.165, 1.54) is 6.92 Å². The Balaban J connectivity index is 2.16. The third-order valence-electron chi connectivity index (χ3n) is 4.01. The molecule has 2 rings (SSSR count). The lowest BCUT2D eigenvalue weighted by Crippen LogP contribution is -2.54.